The molecule has 0 radical (unpaired) electrons. The standard InChI is InChI=1S/C46H32N6/c1-3-7-43-37(5-1)39-21-23-47-29-45(39)51(43)35-15-9-31(10-16-35)25-33-13-19-41(49-27-33)42-20-14-34(28-50-42)26-32-11-17-36(18-12-32)52-44-8-4-2-6-38(44)40-22-24-48-30-46(40)52/h1-24,27-30H,25-26H2. The van der Waals surface area contributed by atoms with E-state index >= 15 is 0 Å². The van der Waals surface area contributed by atoms with Gasteiger partial charge in [0.1, 0.15) is 0 Å². The minimum atomic E-state index is 0.807. The number of pyridine rings is 4. The van der Waals surface area contributed by atoms with Crippen molar-refractivity contribution < 1.29 is 0 Å². The molecule has 0 N–H and O–H groups in total. The molecule has 6 heteroatoms. The summed E-state index contributed by atoms with van der Waals surface area (Å²) in [4.78, 5) is 18.4. The predicted molar refractivity (Wildman–Crippen MR) is 210 cm³/mol. The number of fused-ring (bicyclic) bond motifs is 6. The summed E-state index contributed by atoms with van der Waals surface area (Å²) in [5.41, 5.74) is 13.4. The Morgan fingerprint density at radius 1 is 0.346 bits per heavy atom. The molecule has 10 rings (SSSR count). The van der Waals surface area contributed by atoms with Crippen LogP contribution in [0.15, 0.2) is 171 Å². The molecule has 0 aliphatic rings. The zero-order chi connectivity index (χ0) is 34.4. The fourth-order valence-corrected chi connectivity index (χ4v) is 7.55. The first-order valence-electron chi connectivity index (χ1n) is 17.5. The lowest BCUT2D eigenvalue weighted by Crippen LogP contribution is -1.96. The summed E-state index contributed by atoms with van der Waals surface area (Å²) in [5, 5.41) is 4.90. The van der Waals surface area contributed by atoms with Crippen molar-refractivity contribution >= 4 is 43.6 Å². The minimum absolute atomic E-state index is 0.807. The second-order valence-corrected chi connectivity index (χ2v) is 13.3. The highest BCUT2D eigenvalue weighted by Crippen LogP contribution is 2.33. The van der Waals surface area contributed by atoms with Crippen LogP contribution in [0.2, 0.25) is 0 Å². The summed E-state index contributed by atoms with van der Waals surface area (Å²) in [6, 6.07) is 47.3. The molecule has 10 aromatic rings. The molecule has 0 saturated heterocycles. The number of hydrogen-bond acceptors (Lipinski definition) is 4. The van der Waals surface area contributed by atoms with Crippen molar-refractivity contribution in [2.24, 2.45) is 0 Å². The van der Waals surface area contributed by atoms with Gasteiger partial charge in [-0.2, -0.15) is 0 Å². The van der Waals surface area contributed by atoms with Gasteiger partial charge < -0.3 is 9.13 Å². The molecular weight excluding hydrogens is 637 g/mol. The Balaban J connectivity index is 0.822. The summed E-state index contributed by atoms with van der Waals surface area (Å²) >= 11 is 0. The van der Waals surface area contributed by atoms with Crippen molar-refractivity contribution in [2.75, 3.05) is 0 Å². The summed E-state index contributed by atoms with van der Waals surface area (Å²) < 4.78 is 4.58. The van der Waals surface area contributed by atoms with E-state index in [2.05, 4.69) is 153 Å². The van der Waals surface area contributed by atoms with Crippen LogP contribution in [0.1, 0.15) is 22.3 Å². The molecule has 0 unspecified atom stereocenters. The van der Waals surface area contributed by atoms with Crippen LogP contribution in [0.4, 0.5) is 0 Å². The van der Waals surface area contributed by atoms with Gasteiger partial charge in [0.15, 0.2) is 0 Å². The molecule has 0 aliphatic carbocycles. The molecule has 52 heavy (non-hydrogen) atoms. The molecule has 0 atom stereocenters. The van der Waals surface area contributed by atoms with Crippen LogP contribution in [-0.4, -0.2) is 29.1 Å². The first kappa shape index (κ1) is 29.9. The summed E-state index contributed by atoms with van der Waals surface area (Å²) in [7, 11) is 0. The zero-order valence-electron chi connectivity index (χ0n) is 28.3. The molecule has 246 valence electrons. The molecule has 0 aliphatic heterocycles. The average Bonchev–Trinajstić information content (AvgIpc) is 3.73. The van der Waals surface area contributed by atoms with Crippen LogP contribution >= 0.6 is 0 Å². The van der Waals surface area contributed by atoms with E-state index < -0.39 is 0 Å². The third-order valence-electron chi connectivity index (χ3n) is 10.1. The van der Waals surface area contributed by atoms with Crippen molar-refractivity contribution in [3.05, 3.63) is 193 Å². The molecule has 0 saturated carbocycles. The second kappa shape index (κ2) is 12.4. The fourth-order valence-electron chi connectivity index (χ4n) is 7.55. The van der Waals surface area contributed by atoms with Crippen molar-refractivity contribution in [3.8, 4) is 22.8 Å². The molecule has 0 amide bonds. The molecular formula is C46H32N6. The highest BCUT2D eigenvalue weighted by molar-refractivity contribution is 6.09. The van der Waals surface area contributed by atoms with Crippen molar-refractivity contribution in [2.45, 2.75) is 12.8 Å². The molecule has 6 nitrogen and oxygen atoms in total. The molecule has 6 aromatic heterocycles. The number of rotatable bonds is 7. The zero-order valence-corrected chi connectivity index (χ0v) is 28.3. The van der Waals surface area contributed by atoms with Crippen LogP contribution in [0.3, 0.4) is 0 Å². The number of aromatic nitrogens is 6. The topological polar surface area (TPSA) is 61.4 Å². The van der Waals surface area contributed by atoms with Gasteiger partial charge >= 0.3 is 0 Å². The SMILES string of the molecule is c1ccc2c(c1)c1ccncc1n2-c1ccc(Cc2ccc(-c3ccc(Cc4ccc(-n5c6ccccc6c6ccncc65)cc4)cn3)nc2)cc1. The molecule has 0 spiro atoms. The number of hydrogen-bond donors (Lipinski definition) is 0. The third kappa shape index (κ3) is 5.20. The van der Waals surface area contributed by atoms with Crippen LogP contribution < -0.4 is 0 Å². The maximum atomic E-state index is 4.78. The highest BCUT2D eigenvalue weighted by atomic mass is 15.0. The Labute approximate surface area is 300 Å². The van der Waals surface area contributed by atoms with Gasteiger partial charge in [0.2, 0.25) is 0 Å². The van der Waals surface area contributed by atoms with E-state index in [0.29, 0.717) is 0 Å². The summed E-state index contributed by atoms with van der Waals surface area (Å²) in [6.45, 7) is 0. The summed E-state index contributed by atoms with van der Waals surface area (Å²) in [6.07, 6.45) is 13.2. The number of nitrogens with zero attached hydrogens (tertiary/aromatic N) is 6. The Morgan fingerprint density at radius 3 is 1.17 bits per heavy atom. The van der Waals surface area contributed by atoms with E-state index in [4.69, 9.17) is 9.97 Å². The van der Waals surface area contributed by atoms with E-state index in [1.165, 1.54) is 43.7 Å². The van der Waals surface area contributed by atoms with Crippen LogP contribution in [0, 0.1) is 0 Å². The lowest BCUT2D eigenvalue weighted by Gasteiger charge is -2.10. The number of para-hydroxylation sites is 2. The van der Waals surface area contributed by atoms with Gasteiger partial charge in [0, 0.05) is 57.7 Å². The molecule has 6 heterocycles. The van der Waals surface area contributed by atoms with Gasteiger partial charge in [0.25, 0.3) is 0 Å². The minimum Gasteiger partial charge on any atom is -0.308 e. The van der Waals surface area contributed by atoms with Crippen molar-refractivity contribution in [1.82, 2.24) is 29.1 Å². The van der Waals surface area contributed by atoms with Crippen molar-refractivity contribution in [3.63, 3.8) is 0 Å². The Kier molecular flexibility index (Phi) is 7.17. The first-order chi connectivity index (χ1) is 25.8. The maximum Gasteiger partial charge on any atom is 0.0886 e. The monoisotopic (exact) mass is 668 g/mol. The Morgan fingerprint density at radius 2 is 0.750 bits per heavy atom. The molecule has 4 aromatic carbocycles. The lowest BCUT2D eigenvalue weighted by atomic mass is 10.0. The van der Waals surface area contributed by atoms with Gasteiger partial charge in [-0.3, -0.25) is 19.9 Å². The smallest absolute Gasteiger partial charge is 0.0886 e. The second-order valence-electron chi connectivity index (χ2n) is 13.3. The van der Waals surface area contributed by atoms with Crippen LogP contribution in [0.25, 0.3) is 66.4 Å². The van der Waals surface area contributed by atoms with E-state index in [0.717, 1.165) is 57.8 Å². The van der Waals surface area contributed by atoms with Crippen molar-refractivity contribution in [1.29, 1.82) is 0 Å². The first-order valence-corrected chi connectivity index (χ1v) is 17.5. The Bertz CT molecular complexity index is 2560. The highest BCUT2D eigenvalue weighted by Gasteiger charge is 2.13. The largest absolute Gasteiger partial charge is 0.308 e. The van der Waals surface area contributed by atoms with Crippen LogP contribution in [0.5, 0.6) is 0 Å². The Hall–Kier alpha value is -6.92. The van der Waals surface area contributed by atoms with Gasteiger partial charge in [-0.15, -0.1) is 0 Å². The van der Waals surface area contributed by atoms with Gasteiger partial charge in [-0.25, -0.2) is 0 Å². The number of benzene rings is 4. The molecule has 0 bridgehead atoms. The van der Waals surface area contributed by atoms with E-state index in [-0.39, 0.29) is 0 Å². The van der Waals surface area contributed by atoms with Crippen LogP contribution in [-0.2, 0) is 12.8 Å². The van der Waals surface area contributed by atoms with E-state index in [1.54, 1.807) is 0 Å². The van der Waals surface area contributed by atoms with E-state index in [1.807, 2.05) is 37.2 Å². The maximum absolute atomic E-state index is 4.78. The quantitative estimate of drug-likeness (QED) is 0.170. The van der Waals surface area contributed by atoms with Gasteiger partial charge in [-0.05, 0) is 95.8 Å². The molecule has 0 fully saturated rings. The summed E-state index contributed by atoms with van der Waals surface area (Å²) in [5.74, 6) is 0. The predicted octanol–water partition coefficient (Wildman–Crippen LogP) is 10.3. The van der Waals surface area contributed by atoms with Gasteiger partial charge in [0.05, 0.1) is 45.8 Å². The fraction of sp³-hybridized carbons (Fsp3) is 0.0435. The average molecular weight is 669 g/mol. The lowest BCUT2D eigenvalue weighted by molar-refractivity contribution is 1.11. The normalized spacial score (nSPS) is 11.6. The third-order valence-corrected chi connectivity index (χ3v) is 10.1. The van der Waals surface area contributed by atoms with Gasteiger partial charge in [-0.1, -0.05) is 72.8 Å². The van der Waals surface area contributed by atoms with E-state index in [9.17, 15) is 0 Å².